The molecule has 3 heteroatoms. The van der Waals surface area contributed by atoms with E-state index in [-0.39, 0.29) is 0 Å². The van der Waals surface area contributed by atoms with Crippen molar-refractivity contribution in [3.8, 4) is 33.4 Å². The molecule has 0 aliphatic heterocycles. The quantitative estimate of drug-likeness (QED) is 0.170. The van der Waals surface area contributed by atoms with Crippen LogP contribution in [0.3, 0.4) is 0 Å². The lowest BCUT2D eigenvalue weighted by atomic mass is 9.92. The summed E-state index contributed by atoms with van der Waals surface area (Å²) in [6, 6.07) is 72.0. The van der Waals surface area contributed by atoms with E-state index < -0.39 is 0 Å². The Kier molecular flexibility index (Phi) is 7.39. The Balaban J connectivity index is 1.09. The number of nitrogens with zero attached hydrogens (tertiary/aromatic N) is 1. The zero-order valence-electron chi connectivity index (χ0n) is 29.8. The van der Waals surface area contributed by atoms with Gasteiger partial charge in [0.15, 0.2) is 5.58 Å². The van der Waals surface area contributed by atoms with Crippen LogP contribution in [0, 0.1) is 0 Å². The van der Waals surface area contributed by atoms with Gasteiger partial charge in [0.2, 0.25) is 0 Å². The van der Waals surface area contributed by atoms with E-state index in [1.165, 1.54) is 53.2 Å². The maximum Gasteiger partial charge on any atom is 0.159 e. The number of hydrogen-bond acceptors (Lipinski definition) is 3. The highest BCUT2D eigenvalue weighted by atomic mass is 32.1. The molecule has 0 N–H and O–H groups in total. The molecule has 0 radical (unpaired) electrons. The molecular weight excluding hydrogens is 687 g/mol. The molecule has 0 amide bonds. The molecule has 0 atom stereocenters. The van der Waals surface area contributed by atoms with Gasteiger partial charge in [-0.2, -0.15) is 0 Å². The number of para-hydroxylation sites is 2. The third-order valence-electron chi connectivity index (χ3n) is 10.9. The molecular formula is C52H33NOS. The van der Waals surface area contributed by atoms with Crippen LogP contribution in [0.2, 0.25) is 0 Å². The minimum Gasteiger partial charge on any atom is -0.453 e. The van der Waals surface area contributed by atoms with Crippen molar-refractivity contribution in [2.45, 2.75) is 0 Å². The Bertz CT molecular complexity index is 3190. The van der Waals surface area contributed by atoms with Crippen LogP contribution in [0.25, 0.3) is 86.3 Å². The average molecular weight is 720 g/mol. The highest BCUT2D eigenvalue weighted by molar-refractivity contribution is 7.25. The van der Waals surface area contributed by atoms with Crippen molar-refractivity contribution in [2.75, 3.05) is 4.90 Å². The predicted octanol–water partition coefficient (Wildman–Crippen LogP) is 15.6. The molecule has 0 bridgehead atoms. The van der Waals surface area contributed by atoms with Gasteiger partial charge in [0.25, 0.3) is 0 Å². The molecule has 55 heavy (non-hydrogen) atoms. The highest BCUT2D eigenvalue weighted by Crippen LogP contribution is 2.46. The molecule has 0 saturated carbocycles. The lowest BCUT2D eigenvalue weighted by Gasteiger charge is -2.26. The lowest BCUT2D eigenvalue weighted by molar-refractivity contribution is 0.670. The summed E-state index contributed by atoms with van der Waals surface area (Å²) in [4.78, 5) is 2.36. The van der Waals surface area contributed by atoms with E-state index in [4.69, 9.17) is 4.42 Å². The van der Waals surface area contributed by atoms with Crippen LogP contribution in [0.15, 0.2) is 205 Å². The number of hydrogen-bond donors (Lipinski definition) is 0. The third-order valence-corrected chi connectivity index (χ3v) is 12.0. The van der Waals surface area contributed by atoms with Crippen LogP contribution in [0.5, 0.6) is 0 Å². The molecule has 0 aliphatic carbocycles. The number of fused-ring (bicyclic) bond motifs is 7. The van der Waals surface area contributed by atoms with E-state index in [1.54, 1.807) is 0 Å². The first kappa shape index (κ1) is 31.6. The van der Waals surface area contributed by atoms with E-state index in [1.807, 2.05) is 11.3 Å². The molecule has 0 saturated heterocycles. The molecule has 0 fully saturated rings. The van der Waals surface area contributed by atoms with Gasteiger partial charge in [-0.1, -0.05) is 164 Å². The summed E-state index contributed by atoms with van der Waals surface area (Å²) >= 11 is 1.84. The molecule has 0 unspecified atom stereocenters. The van der Waals surface area contributed by atoms with Gasteiger partial charge in [-0.15, -0.1) is 11.3 Å². The summed E-state index contributed by atoms with van der Waals surface area (Å²) in [5.41, 5.74) is 12.0. The van der Waals surface area contributed by atoms with E-state index in [2.05, 4.69) is 205 Å². The van der Waals surface area contributed by atoms with Crippen molar-refractivity contribution in [1.82, 2.24) is 0 Å². The number of furan rings is 1. The summed E-state index contributed by atoms with van der Waals surface area (Å²) in [6.07, 6.45) is 0. The second-order valence-electron chi connectivity index (χ2n) is 14.0. The molecule has 9 aromatic carbocycles. The fourth-order valence-corrected chi connectivity index (χ4v) is 9.46. The molecule has 2 aromatic heterocycles. The third kappa shape index (κ3) is 5.24. The first-order chi connectivity index (χ1) is 27.3. The van der Waals surface area contributed by atoms with Crippen LogP contribution in [-0.2, 0) is 0 Å². The Hall–Kier alpha value is -6.94. The molecule has 2 heterocycles. The monoisotopic (exact) mass is 719 g/mol. The fraction of sp³-hybridized carbons (Fsp3) is 0. The number of benzene rings is 9. The smallest absolute Gasteiger partial charge is 0.159 e. The van der Waals surface area contributed by atoms with Crippen LogP contribution < -0.4 is 4.90 Å². The topological polar surface area (TPSA) is 16.4 Å². The molecule has 11 aromatic rings. The van der Waals surface area contributed by atoms with E-state index in [0.717, 1.165) is 50.1 Å². The highest BCUT2D eigenvalue weighted by Gasteiger charge is 2.22. The first-order valence-electron chi connectivity index (χ1n) is 18.7. The Morgan fingerprint density at radius 3 is 1.56 bits per heavy atom. The average Bonchev–Trinajstić information content (AvgIpc) is 3.83. The Labute approximate surface area is 322 Å². The normalized spacial score (nSPS) is 11.6. The minimum atomic E-state index is 0.865. The Morgan fingerprint density at radius 1 is 0.327 bits per heavy atom. The second-order valence-corrected chi connectivity index (χ2v) is 15.1. The summed E-state index contributed by atoms with van der Waals surface area (Å²) in [5.74, 6) is 0. The van der Waals surface area contributed by atoms with Crippen LogP contribution in [-0.4, -0.2) is 0 Å². The SMILES string of the molecule is c1ccc(-c2ccc(-c3ccc(N(c4ccc5c(c4)sc4ccccc45)c4cccc5c4oc4c(-c6ccccc6)cccc45)cc3)c3ccccc23)cc1. The van der Waals surface area contributed by atoms with Gasteiger partial charge in [-0.25, -0.2) is 0 Å². The fourth-order valence-electron chi connectivity index (χ4n) is 8.32. The van der Waals surface area contributed by atoms with Crippen molar-refractivity contribution >= 4 is 81.3 Å². The minimum absolute atomic E-state index is 0.865. The summed E-state index contributed by atoms with van der Waals surface area (Å²) in [5, 5.41) is 7.27. The van der Waals surface area contributed by atoms with E-state index >= 15 is 0 Å². The maximum atomic E-state index is 6.98. The number of anilines is 3. The van der Waals surface area contributed by atoms with Crippen molar-refractivity contribution < 1.29 is 4.42 Å². The van der Waals surface area contributed by atoms with Gasteiger partial charge in [-0.05, 0) is 75.0 Å². The van der Waals surface area contributed by atoms with Gasteiger partial charge in [0.1, 0.15) is 5.58 Å². The van der Waals surface area contributed by atoms with E-state index in [0.29, 0.717) is 0 Å². The zero-order chi connectivity index (χ0) is 36.3. The van der Waals surface area contributed by atoms with Crippen molar-refractivity contribution in [2.24, 2.45) is 0 Å². The molecule has 11 rings (SSSR count). The molecule has 2 nitrogen and oxygen atoms in total. The zero-order valence-corrected chi connectivity index (χ0v) is 30.6. The number of rotatable bonds is 6. The Morgan fingerprint density at radius 2 is 0.855 bits per heavy atom. The summed E-state index contributed by atoms with van der Waals surface area (Å²) in [6.45, 7) is 0. The lowest BCUT2D eigenvalue weighted by Crippen LogP contribution is -2.10. The van der Waals surface area contributed by atoms with Gasteiger partial charge in [0, 0.05) is 47.9 Å². The van der Waals surface area contributed by atoms with Crippen LogP contribution in [0.1, 0.15) is 0 Å². The summed E-state index contributed by atoms with van der Waals surface area (Å²) < 4.78 is 9.53. The largest absolute Gasteiger partial charge is 0.453 e. The maximum absolute atomic E-state index is 6.98. The van der Waals surface area contributed by atoms with Crippen molar-refractivity contribution in [1.29, 1.82) is 0 Å². The van der Waals surface area contributed by atoms with E-state index in [9.17, 15) is 0 Å². The van der Waals surface area contributed by atoms with Crippen LogP contribution in [0.4, 0.5) is 17.1 Å². The van der Waals surface area contributed by atoms with Crippen molar-refractivity contribution in [3.05, 3.63) is 200 Å². The van der Waals surface area contributed by atoms with Gasteiger partial charge >= 0.3 is 0 Å². The predicted molar refractivity (Wildman–Crippen MR) is 235 cm³/mol. The standard InChI is InChI=1S/C52H33NOS/c1-3-13-34(14-4-1)39-31-32-40(43-18-8-7-17-42(39)43)36-25-27-37(28-26-36)53(38-29-30-45-44-19-9-10-24-49(44)55-50(45)33-38)48-23-12-22-47-46-21-11-20-41(51(46)54-52(47)48)35-15-5-2-6-16-35/h1-33H. The molecule has 258 valence electrons. The summed E-state index contributed by atoms with van der Waals surface area (Å²) in [7, 11) is 0. The van der Waals surface area contributed by atoms with Gasteiger partial charge in [-0.3, -0.25) is 0 Å². The van der Waals surface area contributed by atoms with Gasteiger partial charge in [0.05, 0.1) is 5.69 Å². The van der Waals surface area contributed by atoms with Crippen molar-refractivity contribution in [3.63, 3.8) is 0 Å². The molecule has 0 spiro atoms. The first-order valence-corrected chi connectivity index (χ1v) is 19.5. The van der Waals surface area contributed by atoms with Gasteiger partial charge < -0.3 is 9.32 Å². The molecule has 0 aliphatic rings. The van der Waals surface area contributed by atoms with Crippen LogP contribution >= 0.6 is 11.3 Å². The number of thiophene rings is 1. The second kappa shape index (κ2) is 12.9.